The minimum Gasteiger partial charge on any atom is -0.387 e. The number of hydrogen-bond acceptors (Lipinski definition) is 5. The summed E-state index contributed by atoms with van der Waals surface area (Å²) in [5, 5.41) is 9.19. The van der Waals surface area contributed by atoms with E-state index in [9.17, 15) is 9.59 Å². The topological polar surface area (TPSA) is 77.1 Å². The molecule has 3 aromatic rings. The molecule has 2 aromatic heterocycles. The summed E-state index contributed by atoms with van der Waals surface area (Å²) in [6, 6.07) is 8.27. The highest BCUT2D eigenvalue weighted by Crippen LogP contribution is 2.25. The SMILES string of the molecule is O=C(Cn1nc(-c2cccs2)oc1=O)Nc1cc(Cl)ccc1Cl. The average Bonchev–Trinajstić information content (AvgIpc) is 3.13. The highest BCUT2D eigenvalue weighted by molar-refractivity contribution is 7.13. The largest absolute Gasteiger partial charge is 0.437 e. The van der Waals surface area contributed by atoms with Crippen molar-refractivity contribution in [1.82, 2.24) is 9.78 Å². The molecule has 9 heteroatoms. The number of nitrogens with one attached hydrogen (secondary N) is 1. The zero-order chi connectivity index (χ0) is 16.4. The molecule has 3 rings (SSSR count). The zero-order valence-electron chi connectivity index (χ0n) is 11.5. The number of nitrogens with zero attached hydrogens (tertiary/aromatic N) is 2. The van der Waals surface area contributed by atoms with Crippen molar-refractivity contribution in [2.24, 2.45) is 0 Å². The van der Waals surface area contributed by atoms with E-state index in [1.54, 1.807) is 18.2 Å². The molecule has 0 fully saturated rings. The first-order chi connectivity index (χ1) is 11.0. The Labute approximate surface area is 144 Å². The maximum atomic E-state index is 12.0. The molecular formula is C14H9Cl2N3O3S. The molecule has 6 nitrogen and oxygen atoms in total. The Morgan fingerprint density at radius 3 is 2.91 bits per heavy atom. The third kappa shape index (κ3) is 3.64. The van der Waals surface area contributed by atoms with Crippen molar-refractivity contribution in [3.05, 3.63) is 56.3 Å². The van der Waals surface area contributed by atoms with Crippen LogP contribution in [-0.2, 0) is 11.3 Å². The quantitative estimate of drug-likeness (QED) is 0.763. The number of amides is 1. The van der Waals surface area contributed by atoms with Gasteiger partial charge in [0.15, 0.2) is 0 Å². The molecule has 0 bridgehead atoms. The monoisotopic (exact) mass is 369 g/mol. The number of aromatic nitrogens is 2. The van der Waals surface area contributed by atoms with Crippen LogP contribution in [0, 0.1) is 0 Å². The van der Waals surface area contributed by atoms with Gasteiger partial charge in [-0.15, -0.1) is 16.4 Å². The van der Waals surface area contributed by atoms with Gasteiger partial charge in [-0.2, -0.15) is 4.68 Å². The van der Waals surface area contributed by atoms with Crippen molar-refractivity contribution >= 4 is 46.1 Å². The molecule has 0 saturated heterocycles. The number of halogens is 2. The molecule has 1 N–H and O–H groups in total. The maximum absolute atomic E-state index is 12.0. The summed E-state index contributed by atoms with van der Waals surface area (Å²) in [6.07, 6.45) is 0. The smallest absolute Gasteiger partial charge is 0.387 e. The van der Waals surface area contributed by atoms with Crippen molar-refractivity contribution in [2.75, 3.05) is 5.32 Å². The molecule has 0 atom stereocenters. The van der Waals surface area contributed by atoms with Gasteiger partial charge in [-0.3, -0.25) is 4.79 Å². The van der Waals surface area contributed by atoms with Crippen LogP contribution in [0.4, 0.5) is 5.69 Å². The van der Waals surface area contributed by atoms with Crippen molar-refractivity contribution in [3.63, 3.8) is 0 Å². The molecule has 0 unspecified atom stereocenters. The van der Waals surface area contributed by atoms with Gasteiger partial charge in [0.1, 0.15) is 6.54 Å². The summed E-state index contributed by atoms with van der Waals surface area (Å²) in [5.41, 5.74) is 0.360. The second-order valence-electron chi connectivity index (χ2n) is 4.48. The number of carbonyl (C=O) groups is 1. The number of benzene rings is 1. The number of rotatable bonds is 4. The van der Waals surface area contributed by atoms with E-state index in [0.717, 1.165) is 4.68 Å². The van der Waals surface area contributed by atoms with Gasteiger partial charge < -0.3 is 9.73 Å². The Morgan fingerprint density at radius 2 is 2.17 bits per heavy atom. The Bertz CT molecular complexity index is 902. The number of carbonyl (C=O) groups excluding carboxylic acids is 1. The van der Waals surface area contributed by atoms with E-state index in [2.05, 4.69) is 10.4 Å². The normalized spacial score (nSPS) is 10.7. The van der Waals surface area contributed by atoms with E-state index < -0.39 is 11.7 Å². The third-order valence-corrected chi connectivity index (χ3v) is 4.26. The van der Waals surface area contributed by atoms with Crippen LogP contribution in [0.5, 0.6) is 0 Å². The van der Waals surface area contributed by atoms with E-state index in [0.29, 0.717) is 20.6 Å². The molecule has 118 valence electrons. The lowest BCUT2D eigenvalue weighted by Gasteiger charge is -2.06. The van der Waals surface area contributed by atoms with Gasteiger partial charge in [-0.1, -0.05) is 29.3 Å². The van der Waals surface area contributed by atoms with Gasteiger partial charge >= 0.3 is 5.76 Å². The summed E-state index contributed by atoms with van der Waals surface area (Å²) in [6.45, 7) is -0.295. The van der Waals surface area contributed by atoms with E-state index in [1.165, 1.54) is 17.4 Å². The van der Waals surface area contributed by atoms with E-state index in [1.807, 2.05) is 11.4 Å². The predicted octanol–water partition coefficient (Wildman–Crippen LogP) is 3.51. The highest BCUT2D eigenvalue weighted by atomic mass is 35.5. The Morgan fingerprint density at radius 1 is 1.35 bits per heavy atom. The molecule has 0 aliphatic rings. The first-order valence-corrected chi connectivity index (χ1v) is 8.03. The molecule has 23 heavy (non-hydrogen) atoms. The first kappa shape index (κ1) is 15.8. The minimum atomic E-state index is -0.708. The molecule has 1 amide bonds. The standard InChI is InChI=1S/C14H9Cl2N3O3S/c15-8-3-4-9(16)10(6-8)17-12(20)7-19-14(21)22-13(18-19)11-2-1-5-23-11/h1-6H,7H2,(H,17,20). The van der Waals surface area contributed by atoms with Gasteiger partial charge in [0.25, 0.3) is 5.89 Å². The first-order valence-electron chi connectivity index (χ1n) is 6.39. The second kappa shape index (κ2) is 6.57. The molecule has 1 aromatic carbocycles. The molecule has 0 radical (unpaired) electrons. The summed E-state index contributed by atoms with van der Waals surface area (Å²) in [7, 11) is 0. The van der Waals surface area contributed by atoms with Crippen LogP contribution in [0.25, 0.3) is 10.8 Å². The van der Waals surface area contributed by atoms with Crippen LogP contribution in [-0.4, -0.2) is 15.7 Å². The van der Waals surface area contributed by atoms with E-state index in [-0.39, 0.29) is 12.4 Å². The molecule has 0 aliphatic carbocycles. The van der Waals surface area contributed by atoms with Gasteiger partial charge in [-0.25, -0.2) is 4.79 Å². The van der Waals surface area contributed by atoms with Crippen molar-refractivity contribution in [1.29, 1.82) is 0 Å². The fraction of sp³-hybridized carbons (Fsp3) is 0.0714. The lowest BCUT2D eigenvalue weighted by Crippen LogP contribution is -2.26. The summed E-state index contributed by atoms with van der Waals surface area (Å²) >= 11 is 13.2. The van der Waals surface area contributed by atoms with Crippen LogP contribution in [0.1, 0.15) is 0 Å². The van der Waals surface area contributed by atoms with Gasteiger partial charge in [0.05, 0.1) is 15.6 Å². The van der Waals surface area contributed by atoms with Crippen molar-refractivity contribution in [2.45, 2.75) is 6.54 Å². The van der Waals surface area contributed by atoms with E-state index in [4.69, 9.17) is 27.6 Å². The maximum Gasteiger partial charge on any atom is 0.437 e. The average molecular weight is 370 g/mol. The number of anilines is 1. The predicted molar refractivity (Wildman–Crippen MR) is 89.2 cm³/mol. The second-order valence-corrected chi connectivity index (χ2v) is 6.27. The van der Waals surface area contributed by atoms with Crippen molar-refractivity contribution < 1.29 is 9.21 Å². The Hall–Kier alpha value is -2.09. The van der Waals surface area contributed by atoms with Gasteiger partial charge in [0.2, 0.25) is 5.91 Å². The Balaban J connectivity index is 1.76. The van der Waals surface area contributed by atoms with Crippen LogP contribution in [0.2, 0.25) is 10.0 Å². The zero-order valence-corrected chi connectivity index (χ0v) is 13.8. The molecular weight excluding hydrogens is 361 g/mol. The molecule has 2 heterocycles. The number of hydrogen-bond donors (Lipinski definition) is 1. The van der Waals surface area contributed by atoms with E-state index >= 15 is 0 Å². The molecule has 0 saturated carbocycles. The molecule has 0 aliphatic heterocycles. The summed E-state index contributed by atoms with van der Waals surface area (Å²) in [5.74, 6) is -0.998. The number of thiophene rings is 1. The Kier molecular flexibility index (Phi) is 4.51. The fourth-order valence-electron chi connectivity index (χ4n) is 1.83. The fourth-order valence-corrected chi connectivity index (χ4v) is 2.81. The van der Waals surface area contributed by atoms with Crippen LogP contribution in [0.15, 0.2) is 44.9 Å². The lowest BCUT2D eigenvalue weighted by molar-refractivity contribution is -0.117. The van der Waals surface area contributed by atoms with Gasteiger partial charge in [0, 0.05) is 5.02 Å². The summed E-state index contributed by atoms with van der Waals surface area (Å²) in [4.78, 5) is 24.5. The molecule has 0 spiro atoms. The third-order valence-electron chi connectivity index (χ3n) is 2.83. The van der Waals surface area contributed by atoms with Crippen LogP contribution < -0.4 is 11.1 Å². The lowest BCUT2D eigenvalue weighted by atomic mass is 10.3. The minimum absolute atomic E-state index is 0.179. The van der Waals surface area contributed by atoms with Crippen LogP contribution >= 0.6 is 34.5 Å². The summed E-state index contributed by atoms with van der Waals surface area (Å²) < 4.78 is 5.98. The van der Waals surface area contributed by atoms with Crippen molar-refractivity contribution in [3.8, 4) is 10.8 Å². The van der Waals surface area contributed by atoms with Crippen LogP contribution in [0.3, 0.4) is 0 Å². The van der Waals surface area contributed by atoms with Gasteiger partial charge in [-0.05, 0) is 29.6 Å². The highest BCUT2D eigenvalue weighted by Gasteiger charge is 2.14.